The average molecular weight is 217 g/mol. The molecule has 0 saturated carbocycles. The van der Waals surface area contributed by atoms with Gasteiger partial charge in [0.1, 0.15) is 0 Å². The first-order chi connectivity index (χ1) is 7.11. The predicted molar refractivity (Wildman–Crippen MR) is 65.1 cm³/mol. The van der Waals surface area contributed by atoms with Crippen LogP contribution in [0.1, 0.15) is 26.7 Å². The van der Waals surface area contributed by atoms with Gasteiger partial charge in [0.05, 0.1) is 5.66 Å². The molecule has 0 rings (SSSR count). The van der Waals surface area contributed by atoms with Crippen molar-refractivity contribution in [3.63, 3.8) is 0 Å². The Labute approximate surface area is 94.2 Å². The van der Waals surface area contributed by atoms with Crippen LogP contribution in [0.5, 0.6) is 0 Å². The smallest absolute Gasteiger partial charge is 0.0668 e. The van der Waals surface area contributed by atoms with Crippen LogP contribution in [0.25, 0.3) is 0 Å². The minimum atomic E-state index is -0.0140. The summed E-state index contributed by atoms with van der Waals surface area (Å²) in [5, 5.41) is 9.91. The van der Waals surface area contributed by atoms with Crippen LogP contribution in [0.15, 0.2) is 0 Å². The maximum absolute atomic E-state index is 5.37. The summed E-state index contributed by atoms with van der Waals surface area (Å²) in [5.41, 5.74) is -0.0140. The second-order valence-electron chi connectivity index (χ2n) is 4.01. The minimum absolute atomic E-state index is 0.0140. The minimum Gasteiger partial charge on any atom is -0.382 e. The molecular formula is C11H27N3O. The zero-order valence-electron chi connectivity index (χ0n) is 10.8. The van der Waals surface area contributed by atoms with E-state index in [1.807, 2.05) is 28.1 Å². The van der Waals surface area contributed by atoms with E-state index in [1.165, 1.54) is 0 Å². The third-order valence-corrected chi connectivity index (χ3v) is 2.98. The average Bonchev–Trinajstić information content (AvgIpc) is 2.27. The van der Waals surface area contributed by atoms with E-state index >= 15 is 0 Å². The van der Waals surface area contributed by atoms with Gasteiger partial charge in [-0.25, -0.2) is 0 Å². The molecule has 1 atom stereocenters. The molecule has 15 heavy (non-hydrogen) atoms. The molecule has 4 heteroatoms. The van der Waals surface area contributed by atoms with Crippen LogP contribution in [0.4, 0.5) is 0 Å². The summed E-state index contributed by atoms with van der Waals surface area (Å²) < 4.78 is 5.37. The van der Waals surface area contributed by atoms with Crippen LogP contribution in [0.2, 0.25) is 0 Å². The summed E-state index contributed by atoms with van der Waals surface area (Å²) in [6, 6.07) is 0.474. The van der Waals surface area contributed by atoms with Crippen molar-refractivity contribution in [2.75, 3.05) is 34.4 Å². The molecule has 3 N–H and O–H groups in total. The molecule has 0 aliphatic heterocycles. The first-order valence-corrected chi connectivity index (χ1v) is 5.74. The lowest BCUT2D eigenvalue weighted by Gasteiger charge is -2.33. The molecule has 92 valence electrons. The maximum Gasteiger partial charge on any atom is 0.0668 e. The van der Waals surface area contributed by atoms with Crippen molar-refractivity contribution in [3.8, 4) is 0 Å². The van der Waals surface area contributed by atoms with Crippen molar-refractivity contribution in [1.82, 2.24) is 16.0 Å². The van der Waals surface area contributed by atoms with Gasteiger partial charge in [-0.15, -0.1) is 0 Å². The van der Waals surface area contributed by atoms with Gasteiger partial charge in [-0.05, 0) is 47.8 Å². The standard InChI is InChI=1S/C11H27N3O/c1-6-15-8-7-10(12-3)9-11(2,13-4)14-5/h10,12-14H,6-9H2,1-5H3. The lowest BCUT2D eigenvalue weighted by atomic mass is 10.00. The Balaban J connectivity index is 3.95. The van der Waals surface area contributed by atoms with Crippen molar-refractivity contribution in [2.24, 2.45) is 0 Å². The Morgan fingerprint density at radius 3 is 2.20 bits per heavy atom. The molecule has 0 aromatic heterocycles. The fourth-order valence-corrected chi connectivity index (χ4v) is 1.54. The fraction of sp³-hybridized carbons (Fsp3) is 1.00. The molecule has 0 spiro atoms. The van der Waals surface area contributed by atoms with Gasteiger partial charge >= 0.3 is 0 Å². The predicted octanol–water partition coefficient (Wildman–Crippen LogP) is 0.546. The third-order valence-electron chi connectivity index (χ3n) is 2.98. The summed E-state index contributed by atoms with van der Waals surface area (Å²) in [6.45, 7) is 5.81. The van der Waals surface area contributed by atoms with Crippen molar-refractivity contribution >= 4 is 0 Å². The van der Waals surface area contributed by atoms with Crippen molar-refractivity contribution in [1.29, 1.82) is 0 Å². The van der Waals surface area contributed by atoms with Gasteiger partial charge in [-0.1, -0.05) is 0 Å². The lowest BCUT2D eigenvalue weighted by Crippen LogP contribution is -2.54. The molecule has 0 aliphatic rings. The number of rotatable bonds is 9. The third kappa shape index (κ3) is 6.10. The van der Waals surface area contributed by atoms with E-state index in [-0.39, 0.29) is 5.66 Å². The van der Waals surface area contributed by atoms with Crippen molar-refractivity contribution in [3.05, 3.63) is 0 Å². The van der Waals surface area contributed by atoms with E-state index in [0.717, 1.165) is 26.1 Å². The van der Waals surface area contributed by atoms with Crippen LogP contribution < -0.4 is 16.0 Å². The van der Waals surface area contributed by atoms with Crippen LogP contribution in [0.3, 0.4) is 0 Å². The van der Waals surface area contributed by atoms with E-state index < -0.39 is 0 Å². The van der Waals surface area contributed by atoms with Gasteiger partial charge in [0.25, 0.3) is 0 Å². The van der Waals surface area contributed by atoms with Gasteiger partial charge < -0.3 is 20.7 Å². The Morgan fingerprint density at radius 1 is 1.20 bits per heavy atom. The highest BCUT2D eigenvalue weighted by atomic mass is 16.5. The highest BCUT2D eigenvalue weighted by Crippen LogP contribution is 2.10. The molecule has 0 heterocycles. The fourth-order valence-electron chi connectivity index (χ4n) is 1.54. The second kappa shape index (κ2) is 8.05. The number of nitrogens with one attached hydrogen (secondary N) is 3. The van der Waals surface area contributed by atoms with Gasteiger partial charge in [-0.3, -0.25) is 0 Å². The molecule has 0 amide bonds. The van der Waals surface area contributed by atoms with E-state index in [1.54, 1.807) is 0 Å². The van der Waals surface area contributed by atoms with Crippen molar-refractivity contribution < 1.29 is 4.74 Å². The highest BCUT2D eigenvalue weighted by molar-refractivity contribution is 4.83. The summed E-state index contributed by atoms with van der Waals surface area (Å²) in [7, 11) is 5.96. The SMILES string of the molecule is CCOCCC(CC(C)(NC)NC)NC. The largest absolute Gasteiger partial charge is 0.382 e. The topological polar surface area (TPSA) is 45.3 Å². The first kappa shape index (κ1) is 14.8. The zero-order valence-corrected chi connectivity index (χ0v) is 10.8. The molecule has 0 aromatic carbocycles. The lowest BCUT2D eigenvalue weighted by molar-refractivity contribution is 0.130. The van der Waals surface area contributed by atoms with Crippen LogP contribution >= 0.6 is 0 Å². The summed E-state index contributed by atoms with van der Waals surface area (Å²) in [5.74, 6) is 0. The maximum atomic E-state index is 5.37. The van der Waals surface area contributed by atoms with Gasteiger partial charge in [0.2, 0.25) is 0 Å². The second-order valence-corrected chi connectivity index (χ2v) is 4.01. The Kier molecular flexibility index (Phi) is 7.96. The molecule has 0 saturated heterocycles. The van der Waals surface area contributed by atoms with E-state index in [4.69, 9.17) is 4.74 Å². The Hall–Kier alpha value is -0.160. The van der Waals surface area contributed by atoms with Crippen molar-refractivity contribution in [2.45, 2.75) is 38.4 Å². The van der Waals surface area contributed by atoms with Gasteiger partial charge in [-0.2, -0.15) is 0 Å². The van der Waals surface area contributed by atoms with Gasteiger partial charge in [0, 0.05) is 19.3 Å². The first-order valence-electron chi connectivity index (χ1n) is 5.74. The van der Waals surface area contributed by atoms with E-state index in [9.17, 15) is 0 Å². The molecule has 4 nitrogen and oxygen atoms in total. The number of ether oxygens (including phenoxy) is 1. The normalized spacial score (nSPS) is 14.2. The monoisotopic (exact) mass is 217 g/mol. The van der Waals surface area contributed by atoms with E-state index in [0.29, 0.717) is 6.04 Å². The molecule has 0 bridgehead atoms. The Bertz CT molecular complexity index is 149. The van der Waals surface area contributed by atoms with Crippen LogP contribution in [0, 0.1) is 0 Å². The van der Waals surface area contributed by atoms with Crippen LogP contribution in [-0.4, -0.2) is 46.1 Å². The van der Waals surface area contributed by atoms with Gasteiger partial charge in [0.15, 0.2) is 0 Å². The number of hydrogen-bond donors (Lipinski definition) is 3. The molecule has 0 fully saturated rings. The molecule has 0 radical (unpaired) electrons. The summed E-state index contributed by atoms with van der Waals surface area (Å²) in [4.78, 5) is 0. The summed E-state index contributed by atoms with van der Waals surface area (Å²) in [6.07, 6.45) is 2.08. The quantitative estimate of drug-likeness (QED) is 0.390. The van der Waals surface area contributed by atoms with Crippen LogP contribution in [-0.2, 0) is 4.74 Å². The molecule has 0 aliphatic carbocycles. The highest BCUT2D eigenvalue weighted by Gasteiger charge is 2.23. The molecular weight excluding hydrogens is 190 g/mol. The molecule has 0 aromatic rings. The zero-order chi connectivity index (χ0) is 11.7. The van der Waals surface area contributed by atoms with E-state index in [2.05, 4.69) is 22.9 Å². The molecule has 1 unspecified atom stereocenters. The Morgan fingerprint density at radius 2 is 1.80 bits per heavy atom. The summed E-state index contributed by atoms with van der Waals surface area (Å²) >= 11 is 0. The number of hydrogen-bond acceptors (Lipinski definition) is 4.